The number of hydrogen-bond donors (Lipinski definition) is 1. The second kappa shape index (κ2) is 8.96. The lowest BCUT2D eigenvalue weighted by molar-refractivity contribution is 0.310. The van der Waals surface area contributed by atoms with Crippen molar-refractivity contribution in [2.24, 2.45) is 5.16 Å². The molecular weight excluding hydrogens is 274 g/mol. The van der Waals surface area contributed by atoms with E-state index in [0.717, 1.165) is 42.9 Å². The molecule has 1 atom stereocenters. The van der Waals surface area contributed by atoms with Crippen LogP contribution in [0.5, 0.6) is 0 Å². The predicted octanol–water partition coefficient (Wildman–Crippen LogP) is 5.04. The summed E-state index contributed by atoms with van der Waals surface area (Å²) in [7, 11) is 0. The highest BCUT2D eigenvalue weighted by Crippen LogP contribution is 2.25. The summed E-state index contributed by atoms with van der Waals surface area (Å²) in [6.45, 7) is 4.18. The number of imidazole rings is 1. The van der Waals surface area contributed by atoms with E-state index in [1.807, 2.05) is 6.92 Å². The van der Waals surface area contributed by atoms with E-state index in [1.54, 1.807) is 0 Å². The van der Waals surface area contributed by atoms with Crippen molar-refractivity contribution in [1.29, 1.82) is 0 Å². The molecule has 1 heterocycles. The van der Waals surface area contributed by atoms with Crippen LogP contribution >= 0.6 is 0 Å². The van der Waals surface area contributed by atoms with E-state index in [4.69, 9.17) is 0 Å². The molecule has 1 aliphatic rings. The Balaban J connectivity index is 2.20. The second-order valence-corrected chi connectivity index (χ2v) is 6.53. The van der Waals surface area contributed by atoms with Gasteiger partial charge in [0.05, 0.1) is 17.4 Å². The minimum absolute atomic E-state index is 0.181. The minimum atomic E-state index is 0.181. The van der Waals surface area contributed by atoms with Crippen LogP contribution in [0.2, 0.25) is 0 Å². The van der Waals surface area contributed by atoms with E-state index in [9.17, 15) is 5.21 Å². The van der Waals surface area contributed by atoms with Gasteiger partial charge >= 0.3 is 0 Å². The molecule has 0 aromatic carbocycles. The topological polar surface area (TPSA) is 50.4 Å². The van der Waals surface area contributed by atoms with Crippen LogP contribution in [0.1, 0.15) is 88.7 Å². The number of hydrogen-bond acceptors (Lipinski definition) is 3. The fourth-order valence-electron chi connectivity index (χ4n) is 3.55. The van der Waals surface area contributed by atoms with Gasteiger partial charge in [0.2, 0.25) is 0 Å². The van der Waals surface area contributed by atoms with E-state index in [2.05, 4.69) is 27.8 Å². The Morgan fingerprint density at radius 2 is 1.77 bits per heavy atom. The van der Waals surface area contributed by atoms with Crippen molar-refractivity contribution in [1.82, 2.24) is 9.55 Å². The maximum Gasteiger partial charge on any atom is 0.109 e. The summed E-state index contributed by atoms with van der Waals surface area (Å²) in [4.78, 5) is 4.63. The molecule has 2 rings (SSSR count). The van der Waals surface area contributed by atoms with E-state index in [-0.39, 0.29) is 6.04 Å². The highest BCUT2D eigenvalue weighted by Gasteiger charge is 2.21. The summed E-state index contributed by atoms with van der Waals surface area (Å²) in [6, 6.07) is 0.181. The molecule has 1 aromatic rings. The van der Waals surface area contributed by atoms with Crippen molar-refractivity contribution in [3.63, 3.8) is 0 Å². The SMILES string of the molecule is CCc1nc(C)cn1[C@H]1CCCCCCCCCC/C1=N\O. The Labute approximate surface area is 134 Å². The first-order valence-electron chi connectivity index (χ1n) is 9.01. The summed E-state index contributed by atoms with van der Waals surface area (Å²) in [6.07, 6.45) is 15.2. The lowest BCUT2D eigenvalue weighted by Gasteiger charge is -2.22. The molecule has 0 amide bonds. The highest BCUT2D eigenvalue weighted by molar-refractivity contribution is 5.87. The maximum atomic E-state index is 9.55. The van der Waals surface area contributed by atoms with Gasteiger partial charge in [-0.25, -0.2) is 4.98 Å². The molecule has 1 saturated carbocycles. The van der Waals surface area contributed by atoms with E-state index >= 15 is 0 Å². The van der Waals surface area contributed by atoms with E-state index in [0.29, 0.717) is 0 Å². The molecule has 4 nitrogen and oxygen atoms in total. The van der Waals surface area contributed by atoms with Crippen LogP contribution < -0.4 is 0 Å². The van der Waals surface area contributed by atoms with Crippen LogP contribution in [0.15, 0.2) is 11.4 Å². The number of oxime groups is 1. The average Bonchev–Trinajstić information content (AvgIpc) is 2.88. The van der Waals surface area contributed by atoms with E-state index in [1.165, 1.54) is 44.9 Å². The summed E-state index contributed by atoms with van der Waals surface area (Å²) in [5, 5.41) is 13.2. The lowest BCUT2D eigenvalue weighted by Crippen LogP contribution is -2.21. The minimum Gasteiger partial charge on any atom is -0.411 e. The van der Waals surface area contributed by atoms with Gasteiger partial charge in [0, 0.05) is 12.6 Å². The summed E-state index contributed by atoms with van der Waals surface area (Å²) in [5.74, 6) is 1.11. The molecule has 1 fully saturated rings. The predicted molar refractivity (Wildman–Crippen MR) is 90.8 cm³/mol. The Bertz CT molecular complexity index is 479. The van der Waals surface area contributed by atoms with Gasteiger partial charge < -0.3 is 9.77 Å². The summed E-state index contributed by atoms with van der Waals surface area (Å²) >= 11 is 0. The fraction of sp³-hybridized carbons (Fsp3) is 0.778. The average molecular weight is 305 g/mol. The van der Waals surface area contributed by atoms with Crippen LogP contribution in [-0.2, 0) is 6.42 Å². The molecule has 22 heavy (non-hydrogen) atoms. The monoisotopic (exact) mass is 305 g/mol. The Kier molecular flexibility index (Phi) is 6.94. The largest absolute Gasteiger partial charge is 0.411 e. The van der Waals surface area contributed by atoms with Gasteiger partial charge in [0.25, 0.3) is 0 Å². The molecule has 1 N–H and O–H groups in total. The zero-order valence-electron chi connectivity index (χ0n) is 14.2. The number of nitrogens with zero attached hydrogens (tertiary/aromatic N) is 3. The van der Waals surface area contributed by atoms with Gasteiger partial charge in [-0.2, -0.15) is 0 Å². The van der Waals surface area contributed by atoms with Gasteiger partial charge in [-0.05, 0) is 26.2 Å². The molecule has 0 spiro atoms. The number of aryl methyl sites for hydroxylation is 2. The van der Waals surface area contributed by atoms with Crippen LogP contribution in [0.3, 0.4) is 0 Å². The van der Waals surface area contributed by atoms with Crippen molar-refractivity contribution in [3.05, 3.63) is 17.7 Å². The fourth-order valence-corrected chi connectivity index (χ4v) is 3.55. The Hall–Kier alpha value is -1.32. The van der Waals surface area contributed by atoms with Gasteiger partial charge in [-0.3, -0.25) is 0 Å². The molecule has 0 aliphatic heterocycles. The van der Waals surface area contributed by atoms with Gasteiger partial charge in [-0.15, -0.1) is 0 Å². The molecule has 0 unspecified atom stereocenters. The van der Waals surface area contributed by atoms with Gasteiger partial charge in [0.1, 0.15) is 5.82 Å². The summed E-state index contributed by atoms with van der Waals surface area (Å²) in [5.41, 5.74) is 1.99. The molecule has 4 heteroatoms. The van der Waals surface area contributed by atoms with Crippen LogP contribution in [0.25, 0.3) is 0 Å². The summed E-state index contributed by atoms with van der Waals surface area (Å²) < 4.78 is 2.26. The maximum absolute atomic E-state index is 9.55. The van der Waals surface area contributed by atoms with Crippen molar-refractivity contribution >= 4 is 5.71 Å². The van der Waals surface area contributed by atoms with Gasteiger partial charge in [-0.1, -0.05) is 57.0 Å². The zero-order chi connectivity index (χ0) is 15.8. The van der Waals surface area contributed by atoms with Crippen LogP contribution in [0.4, 0.5) is 0 Å². The van der Waals surface area contributed by atoms with Gasteiger partial charge in [0.15, 0.2) is 0 Å². The third kappa shape index (κ3) is 4.59. The Morgan fingerprint density at radius 3 is 2.41 bits per heavy atom. The highest BCUT2D eigenvalue weighted by atomic mass is 16.4. The normalized spacial score (nSPS) is 23.9. The molecule has 124 valence electrons. The first-order valence-corrected chi connectivity index (χ1v) is 9.01. The lowest BCUT2D eigenvalue weighted by atomic mass is 9.96. The molecule has 0 saturated heterocycles. The van der Waals surface area contributed by atoms with Crippen molar-refractivity contribution in [2.75, 3.05) is 0 Å². The smallest absolute Gasteiger partial charge is 0.109 e. The van der Waals surface area contributed by atoms with Crippen molar-refractivity contribution < 1.29 is 5.21 Å². The quantitative estimate of drug-likeness (QED) is 0.614. The number of rotatable bonds is 2. The van der Waals surface area contributed by atoms with Crippen LogP contribution in [-0.4, -0.2) is 20.5 Å². The zero-order valence-corrected chi connectivity index (χ0v) is 14.2. The third-order valence-corrected chi connectivity index (χ3v) is 4.75. The molecular formula is C18H31N3O. The van der Waals surface area contributed by atoms with Crippen LogP contribution in [0, 0.1) is 6.92 Å². The standard InChI is InChI=1S/C18H31N3O/c1-3-18-19-15(2)14-21(18)17-13-11-9-7-5-4-6-8-10-12-16(17)20-22/h14,17,22H,3-13H2,1-2H3/b20-16+/t17-/m0/s1. The first kappa shape index (κ1) is 17.0. The first-order chi connectivity index (χ1) is 10.8. The van der Waals surface area contributed by atoms with Crippen molar-refractivity contribution in [2.45, 2.75) is 90.5 Å². The molecule has 1 aromatic heterocycles. The molecule has 1 aliphatic carbocycles. The number of aromatic nitrogens is 2. The Morgan fingerprint density at radius 1 is 1.14 bits per heavy atom. The third-order valence-electron chi connectivity index (χ3n) is 4.75. The molecule has 0 radical (unpaired) electrons. The molecule has 0 bridgehead atoms. The second-order valence-electron chi connectivity index (χ2n) is 6.53. The van der Waals surface area contributed by atoms with Crippen molar-refractivity contribution in [3.8, 4) is 0 Å². The van der Waals surface area contributed by atoms with E-state index < -0.39 is 0 Å².